The minimum Gasteiger partial charge on any atom is -0.355 e. The van der Waals surface area contributed by atoms with Crippen molar-refractivity contribution in [3.8, 4) is 0 Å². The largest absolute Gasteiger partial charge is 0.355 e. The average molecular weight is 384 g/mol. The molecule has 4 rings (SSSR count). The highest BCUT2D eigenvalue weighted by atomic mass is 16.2. The number of hydrogen-bond acceptors (Lipinski definition) is 4. The van der Waals surface area contributed by atoms with E-state index < -0.39 is 0 Å². The number of nitrogens with one attached hydrogen (secondary N) is 1. The predicted octanol–water partition coefficient (Wildman–Crippen LogP) is 0.458. The molecule has 0 bridgehead atoms. The lowest BCUT2D eigenvalue weighted by Crippen LogP contribution is -2.58. The van der Waals surface area contributed by atoms with E-state index in [4.69, 9.17) is 0 Å². The van der Waals surface area contributed by atoms with E-state index in [0.717, 1.165) is 38.0 Å². The monoisotopic (exact) mass is 384 g/mol. The maximum Gasteiger partial charge on any atom is 0.240 e. The molecule has 3 saturated heterocycles. The third-order valence-electron chi connectivity index (χ3n) is 6.11. The van der Waals surface area contributed by atoms with Crippen LogP contribution in [0.1, 0.15) is 24.8 Å². The van der Waals surface area contributed by atoms with Crippen LogP contribution in [-0.2, 0) is 20.9 Å². The zero-order valence-electron chi connectivity index (χ0n) is 16.2. The lowest BCUT2D eigenvalue weighted by atomic mass is 10.0. The highest BCUT2D eigenvalue weighted by molar-refractivity contribution is 5.89. The minimum atomic E-state index is -0.225. The van der Waals surface area contributed by atoms with Crippen molar-refractivity contribution in [1.29, 1.82) is 0 Å². The van der Waals surface area contributed by atoms with Crippen molar-refractivity contribution >= 4 is 17.7 Å². The number of hydrogen-bond donors (Lipinski definition) is 1. The standard InChI is InChI=1S/C21H28N4O3/c26-19-13-17(14-22-19)20(27)24-11-9-23(10-12-24)18-7-4-8-25(21(18)28)15-16-5-2-1-3-6-16/h1-3,5-6,17-18H,4,7-15H2,(H,22,26). The topological polar surface area (TPSA) is 73.0 Å². The Labute approximate surface area is 165 Å². The first-order valence-electron chi connectivity index (χ1n) is 10.2. The molecule has 3 amide bonds. The lowest BCUT2D eigenvalue weighted by molar-refractivity contribution is -0.144. The molecule has 1 aromatic rings. The van der Waals surface area contributed by atoms with Gasteiger partial charge in [0, 0.05) is 52.2 Å². The molecular weight excluding hydrogens is 356 g/mol. The van der Waals surface area contributed by atoms with Gasteiger partial charge in [0.25, 0.3) is 0 Å². The van der Waals surface area contributed by atoms with Gasteiger partial charge in [-0.2, -0.15) is 0 Å². The third-order valence-corrected chi connectivity index (χ3v) is 6.11. The molecule has 0 saturated carbocycles. The van der Waals surface area contributed by atoms with Gasteiger partial charge in [-0.1, -0.05) is 30.3 Å². The number of piperidine rings is 1. The van der Waals surface area contributed by atoms with Crippen molar-refractivity contribution in [2.45, 2.75) is 31.8 Å². The lowest BCUT2D eigenvalue weighted by Gasteiger charge is -2.43. The number of benzene rings is 1. The molecule has 28 heavy (non-hydrogen) atoms. The Morgan fingerprint density at radius 2 is 1.79 bits per heavy atom. The smallest absolute Gasteiger partial charge is 0.240 e. The molecule has 0 aliphatic carbocycles. The number of carbonyl (C=O) groups is 3. The van der Waals surface area contributed by atoms with Gasteiger partial charge in [-0.25, -0.2) is 0 Å². The van der Waals surface area contributed by atoms with Gasteiger partial charge in [0.15, 0.2) is 0 Å². The van der Waals surface area contributed by atoms with Crippen molar-refractivity contribution < 1.29 is 14.4 Å². The maximum absolute atomic E-state index is 13.0. The quantitative estimate of drug-likeness (QED) is 0.819. The molecule has 7 nitrogen and oxygen atoms in total. The Morgan fingerprint density at radius 3 is 2.46 bits per heavy atom. The van der Waals surface area contributed by atoms with Gasteiger partial charge in [-0.05, 0) is 18.4 Å². The van der Waals surface area contributed by atoms with E-state index in [1.54, 1.807) is 0 Å². The van der Waals surface area contributed by atoms with Crippen LogP contribution >= 0.6 is 0 Å². The van der Waals surface area contributed by atoms with Crippen LogP contribution in [-0.4, -0.2) is 77.7 Å². The van der Waals surface area contributed by atoms with Crippen LogP contribution in [0.2, 0.25) is 0 Å². The summed E-state index contributed by atoms with van der Waals surface area (Å²) in [4.78, 5) is 43.1. The highest BCUT2D eigenvalue weighted by Crippen LogP contribution is 2.22. The van der Waals surface area contributed by atoms with Crippen molar-refractivity contribution in [3.63, 3.8) is 0 Å². The van der Waals surface area contributed by atoms with Gasteiger partial charge in [0.05, 0.1) is 12.0 Å². The van der Waals surface area contributed by atoms with Crippen molar-refractivity contribution in [1.82, 2.24) is 20.0 Å². The average Bonchev–Trinajstić information content (AvgIpc) is 3.16. The first-order chi connectivity index (χ1) is 13.6. The summed E-state index contributed by atoms with van der Waals surface area (Å²) in [7, 11) is 0. The molecule has 2 atom stereocenters. The molecule has 0 radical (unpaired) electrons. The molecule has 150 valence electrons. The van der Waals surface area contributed by atoms with E-state index in [1.807, 2.05) is 28.0 Å². The Hall–Kier alpha value is -2.41. The van der Waals surface area contributed by atoms with Crippen molar-refractivity contribution in [3.05, 3.63) is 35.9 Å². The summed E-state index contributed by atoms with van der Waals surface area (Å²) >= 11 is 0. The van der Waals surface area contributed by atoms with Crippen LogP contribution in [0.3, 0.4) is 0 Å². The fourth-order valence-corrected chi connectivity index (χ4v) is 4.51. The summed E-state index contributed by atoms with van der Waals surface area (Å²) in [6, 6.07) is 10.0. The zero-order chi connectivity index (χ0) is 19.5. The van der Waals surface area contributed by atoms with Crippen LogP contribution < -0.4 is 5.32 Å². The molecule has 1 N–H and O–H groups in total. The number of piperazine rings is 1. The van der Waals surface area contributed by atoms with Gasteiger partial charge < -0.3 is 15.1 Å². The molecule has 3 aliphatic rings. The third kappa shape index (κ3) is 4.04. The second-order valence-corrected chi connectivity index (χ2v) is 7.97. The van der Waals surface area contributed by atoms with Gasteiger partial charge in [-0.15, -0.1) is 0 Å². The summed E-state index contributed by atoms with van der Waals surface area (Å²) in [5.74, 6) is 0.0131. The van der Waals surface area contributed by atoms with E-state index in [9.17, 15) is 14.4 Å². The van der Waals surface area contributed by atoms with Gasteiger partial charge in [0.2, 0.25) is 17.7 Å². The maximum atomic E-state index is 13.0. The molecule has 7 heteroatoms. The number of carbonyl (C=O) groups excluding carboxylic acids is 3. The number of likely N-dealkylation sites (tertiary alicyclic amines) is 1. The van der Waals surface area contributed by atoms with Crippen LogP contribution in [0.15, 0.2) is 30.3 Å². The Kier molecular flexibility index (Phi) is 5.62. The van der Waals surface area contributed by atoms with Crippen LogP contribution in [0, 0.1) is 5.92 Å². The number of amides is 3. The summed E-state index contributed by atoms with van der Waals surface area (Å²) in [5.41, 5.74) is 1.16. The van der Waals surface area contributed by atoms with Crippen LogP contribution in [0.5, 0.6) is 0 Å². The summed E-state index contributed by atoms with van der Waals surface area (Å²) in [5, 5.41) is 2.73. The Balaban J connectivity index is 1.32. The molecule has 0 spiro atoms. The van der Waals surface area contributed by atoms with Crippen LogP contribution in [0.4, 0.5) is 0 Å². The summed E-state index contributed by atoms with van der Waals surface area (Å²) in [6.45, 7) is 4.62. The molecule has 3 heterocycles. The summed E-state index contributed by atoms with van der Waals surface area (Å²) < 4.78 is 0. The van der Waals surface area contributed by atoms with E-state index >= 15 is 0 Å². The minimum absolute atomic E-state index is 0.0386. The first-order valence-corrected chi connectivity index (χ1v) is 10.2. The number of nitrogens with zero attached hydrogens (tertiary/aromatic N) is 3. The predicted molar refractivity (Wildman–Crippen MR) is 104 cm³/mol. The van der Waals surface area contributed by atoms with Gasteiger partial charge in [-0.3, -0.25) is 19.3 Å². The van der Waals surface area contributed by atoms with E-state index in [-0.39, 0.29) is 29.7 Å². The second-order valence-electron chi connectivity index (χ2n) is 7.97. The Bertz CT molecular complexity index is 730. The van der Waals surface area contributed by atoms with Gasteiger partial charge in [0.1, 0.15) is 0 Å². The number of rotatable bonds is 4. The summed E-state index contributed by atoms with van der Waals surface area (Å²) in [6.07, 6.45) is 2.20. The zero-order valence-corrected chi connectivity index (χ0v) is 16.2. The fourth-order valence-electron chi connectivity index (χ4n) is 4.51. The molecule has 1 aromatic carbocycles. The molecular formula is C21H28N4O3. The van der Waals surface area contributed by atoms with Crippen LogP contribution in [0.25, 0.3) is 0 Å². The van der Waals surface area contributed by atoms with Crippen molar-refractivity contribution in [2.24, 2.45) is 5.92 Å². The van der Waals surface area contributed by atoms with E-state index in [1.165, 1.54) is 0 Å². The second kappa shape index (κ2) is 8.31. The fraction of sp³-hybridized carbons (Fsp3) is 0.571. The van der Waals surface area contributed by atoms with Crippen molar-refractivity contribution in [2.75, 3.05) is 39.3 Å². The van der Waals surface area contributed by atoms with E-state index in [2.05, 4.69) is 22.3 Å². The van der Waals surface area contributed by atoms with Gasteiger partial charge >= 0.3 is 0 Å². The highest BCUT2D eigenvalue weighted by Gasteiger charge is 2.37. The normalized spacial score (nSPS) is 26.4. The SMILES string of the molecule is O=C1CC(C(=O)N2CCN(C3CCCN(Cc4ccccc4)C3=O)CC2)CN1. The molecule has 0 aromatic heterocycles. The first kappa shape index (κ1) is 18.9. The molecule has 3 fully saturated rings. The molecule has 3 aliphatic heterocycles. The molecule has 2 unspecified atom stereocenters. The Morgan fingerprint density at radius 1 is 1.04 bits per heavy atom. The van der Waals surface area contributed by atoms with E-state index in [0.29, 0.717) is 32.6 Å².